The van der Waals surface area contributed by atoms with Gasteiger partial charge in [-0.3, -0.25) is 44.7 Å². The molecular weight excluding hydrogens is 821 g/mol. The summed E-state index contributed by atoms with van der Waals surface area (Å²) in [6, 6.07) is 6.29. The number of allylic oxidation sites excluding steroid dienone is 4. The van der Waals surface area contributed by atoms with Gasteiger partial charge in [0.25, 0.3) is 11.8 Å². The van der Waals surface area contributed by atoms with Gasteiger partial charge < -0.3 is 47.3 Å². The Kier molecular flexibility index (Phi) is 16.5. The number of primary amides is 2. The summed E-state index contributed by atoms with van der Waals surface area (Å²) in [7, 11) is 1.44. The number of aliphatic imine (C=N–C) groups is 2. The minimum Gasteiger partial charge on any atom is -0.494 e. The lowest BCUT2D eigenvalue weighted by Crippen LogP contribution is -2.39. The number of nitrogens with one attached hydrogen (secondary N) is 2. The molecule has 0 saturated carbocycles. The Morgan fingerprint density at radius 3 is 1.61 bits per heavy atom. The molecule has 12 N–H and O–H groups in total. The van der Waals surface area contributed by atoms with Crippen molar-refractivity contribution in [3.63, 3.8) is 0 Å². The van der Waals surface area contributed by atoms with Gasteiger partial charge in [-0.1, -0.05) is 24.3 Å². The average Bonchev–Trinajstić information content (AvgIpc) is 3.77. The number of carbonyl (C=O) groups excluding carboxylic acids is 4. The summed E-state index contributed by atoms with van der Waals surface area (Å²) < 4.78 is 15.4. The summed E-state index contributed by atoms with van der Waals surface area (Å²) in [6.45, 7) is 10.5. The van der Waals surface area contributed by atoms with E-state index < -0.39 is 23.6 Å². The Bertz CT molecular complexity index is 2560. The Morgan fingerprint density at radius 1 is 0.719 bits per heavy atom. The molecule has 4 amide bonds. The highest BCUT2D eigenvalue weighted by Gasteiger charge is 2.23. The Hall–Kier alpha value is -7.32. The zero-order valence-corrected chi connectivity index (χ0v) is 36.9. The predicted molar refractivity (Wildman–Crippen MR) is 250 cm³/mol. The van der Waals surface area contributed by atoms with Gasteiger partial charge >= 0.3 is 0 Å². The van der Waals surface area contributed by atoms with Crippen molar-refractivity contribution in [3.05, 3.63) is 83.2 Å². The molecule has 1 aliphatic heterocycles. The maximum Gasteiger partial charge on any atom is 0.276 e. The van der Waals surface area contributed by atoms with Crippen LogP contribution in [0.3, 0.4) is 0 Å². The van der Waals surface area contributed by atoms with Crippen molar-refractivity contribution in [1.82, 2.24) is 24.0 Å². The summed E-state index contributed by atoms with van der Waals surface area (Å²) in [4.78, 5) is 72.3. The largest absolute Gasteiger partial charge is 0.494 e. The molecule has 1 aliphatic rings. The molecule has 340 valence electrons. The minimum atomic E-state index is -0.692. The topological polar surface area (TPSA) is 304 Å². The van der Waals surface area contributed by atoms with Gasteiger partial charge in [-0.25, -0.2) is 9.97 Å². The first kappa shape index (κ1) is 47.7. The van der Waals surface area contributed by atoms with Crippen molar-refractivity contribution < 1.29 is 28.7 Å². The van der Waals surface area contributed by atoms with Crippen LogP contribution < -0.4 is 48.8 Å². The van der Waals surface area contributed by atoms with Crippen molar-refractivity contribution in [2.45, 2.75) is 59.7 Å². The Balaban J connectivity index is 1.56. The number of ether oxygens (including phenoxy) is 2. The smallest absolute Gasteiger partial charge is 0.276 e. The second-order valence-electron chi connectivity index (χ2n) is 15.0. The van der Waals surface area contributed by atoms with Gasteiger partial charge in [0.1, 0.15) is 40.6 Å². The lowest BCUT2D eigenvalue weighted by molar-refractivity contribution is -0.111. The fourth-order valence-corrected chi connectivity index (χ4v) is 6.95. The first-order valence-corrected chi connectivity index (χ1v) is 20.9. The van der Waals surface area contributed by atoms with Crippen LogP contribution in [0.4, 0.5) is 11.9 Å². The number of piperidine rings is 1. The molecular formula is C44H58N14O6. The third kappa shape index (κ3) is 12.2. The molecule has 2 aromatic heterocycles. The van der Waals surface area contributed by atoms with E-state index in [-0.39, 0.29) is 65.9 Å². The molecule has 20 heteroatoms. The first-order chi connectivity index (χ1) is 30.6. The van der Waals surface area contributed by atoms with Gasteiger partial charge in [0.2, 0.25) is 23.7 Å². The lowest BCUT2D eigenvalue weighted by Gasteiger charge is -2.28. The Labute approximate surface area is 371 Å². The number of amides is 4. The van der Waals surface area contributed by atoms with Crippen molar-refractivity contribution in [1.29, 1.82) is 0 Å². The van der Waals surface area contributed by atoms with Crippen LogP contribution in [0.5, 0.6) is 11.5 Å². The van der Waals surface area contributed by atoms with E-state index in [0.717, 1.165) is 32.5 Å². The van der Waals surface area contributed by atoms with E-state index in [1.165, 1.54) is 37.5 Å². The summed E-state index contributed by atoms with van der Waals surface area (Å²) in [5, 5.41) is 5.69. The summed E-state index contributed by atoms with van der Waals surface area (Å²) in [5.74, 6) is -1.69. The van der Waals surface area contributed by atoms with E-state index in [2.05, 4.69) is 30.5 Å². The number of fused-ring (bicyclic) bond motifs is 2. The number of rotatable bonds is 20. The minimum absolute atomic E-state index is 0.0889. The number of nitrogens with zero attached hydrogens (tertiary/aromatic N) is 7. The highest BCUT2D eigenvalue weighted by atomic mass is 16.5. The number of methoxy groups -OCH3 is 1. The fraction of sp³-hybridized carbons (Fsp3) is 0.364. The zero-order valence-electron chi connectivity index (χ0n) is 36.9. The first-order valence-electron chi connectivity index (χ1n) is 20.9. The van der Waals surface area contributed by atoms with Gasteiger partial charge in [0.05, 0.1) is 18.1 Å². The highest BCUT2D eigenvalue weighted by Crippen LogP contribution is 2.33. The molecule has 1 fully saturated rings. The molecule has 5 rings (SSSR count). The maximum absolute atomic E-state index is 13.7. The third-order valence-corrected chi connectivity index (χ3v) is 9.94. The van der Waals surface area contributed by atoms with Crippen LogP contribution in [-0.2, 0) is 22.7 Å². The van der Waals surface area contributed by atoms with Gasteiger partial charge in [-0.15, -0.1) is 0 Å². The third-order valence-electron chi connectivity index (χ3n) is 9.94. The summed E-state index contributed by atoms with van der Waals surface area (Å²) in [5.41, 5.74) is 32.1. The summed E-state index contributed by atoms with van der Waals surface area (Å²) >= 11 is 0. The molecule has 2 aromatic carbocycles. The Morgan fingerprint density at radius 2 is 1.17 bits per heavy atom. The number of nitrogens with two attached hydrogens (primary N) is 5. The molecule has 0 unspecified atom stereocenters. The molecule has 0 atom stereocenters. The second kappa shape index (κ2) is 22.2. The molecule has 1 saturated heterocycles. The quantitative estimate of drug-likeness (QED) is 0.0498. The predicted octanol–water partition coefficient (Wildman–Crippen LogP) is 2.73. The molecule has 0 aliphatic carbocycles. The number of hydrogen-bond donors (Lipinski definition) is 7. The van der Waals surface area contributed by atoms with E-state index in [4.69, 9.17) is 43.1 Å². The van der Waals surface area contributed by atoms with Crippen LogP contribution in [0.2, 0.25) is 0 Å². The van der Waals surface area contributed by atoms with E-state index >= 15 is 0 Å². The lowest BCUT2D eigenvalue weighted by atomic mass is 10.1. The van der Waals surface area contributed by atoms with Crippen molar-refractivity contribution >= 4 is 69.0 Å². The maximum atomic E-state index is 13.7. The second-order valence-corrected chi connectivity index (χ2v) is 15.0. The van der Waals surface area contributed by atoms with E-state index in [9.17, 15) is 19.2 Å². The van der Waals surface area contributed by atoms with E-state index in [1.54, 1.807) is 49.0 Å². The molecule has 4 aromatic rings. The van der Waals surface area contributed by atoms with Gasteiger partial charge in [0, 0.05) is 61.3 Å². The summed E-state index contributed by atoms with van der Waals surface area (Å²) in [6.07, 6.45) is 12.3. The standard InChI is InChI=1S/C44H58N14O6/c1-6-50-33(20-26(3)45)41(61)54-43-52-31-22-28(39(48)59)24-35(63-5)37(31)57(43)15-8-9-16-58-38-32(53-44(58)55-42(62)34(51-7-2)21-27(4)46)23-29(40(49)60)25-36(38)64-19-11-10-14-56-17-12-30(47)13-18-56/h8-11,20-25,30H,6-7,12-19,45-47H2,1-5H3,(H2,48,59)(H2,49,60)(H,52,54,61)(H,53,55,62)/b9-8+,11-10+,26-20-,27-21-,50-33?,51-34?. The van der Waals surface area contributed by atoms with E-state index in [0.29, 0.717) is 52.3 Å². The van der Waals surface area contributed by atoms with Gasteiger partial charge in [-0.05, 0) is 90.0 Å². The molecule has 20 nitrogen and oxygen atoms in total. The van der Waals surface area contributed by atoms with Gasteiger partial charge in [0.15, 0.2) is 0 Å². The number of aromatic nitrogens is 4. The number of benzene rings is 2. The molecule has 0 bridgehead atoms. The molecule has 0 radical (unpaired) electrons. The van der Waals surface area contributed by atoms with Crippen molar-refractivity contribution in [2.24, 2.45) is 38.7 Å². The molecule has 3 heterocycles. The number of imidazole rings is 2. The number of anilines is 2. The SMILES string of the molecule is CCN=C(/C=C(/C)N)C(=O)Nc1nc2cc(C(N)=O)cc(OC)c2n1C/C=C/Cn1c(NC(=O)C(/C=C(/C)N)=NCC)nc2cc(C(N)=O)cc(OC/C=C/CN3CCC(N)CC3)c21. The van der Waals surface area contributed by atoms with Crippen molar-refractivity contribution in [2.75, 3.05) is 57.1 Å². The van der Waals surface area contributed by atoms with Crippen LogP contribution >= 0.6 is 0 Å². The fourth-order valence-electron chi connectivity index (χ4n) is 6.95. The van der Waals surface area contributed by atoms with Crippen molar-refractivity contribution in [3.8, 4) is 11.5 Å². The number of likely N-dealkylation sites (tertiary alicyclic amines) is 1. The van der Waals surface area contributed by atoms with Crippen LogP contribution in [0, 0.1) is 0 Å². The normalized spacial score (nSPS) is 14.8. The molecule has 0 spiro atoms. The number of hydrogen-bond acceptors (Lipinski definition) is 14. The number of carbonyl (C=O) groups is 4. The van der Waals surface area contributed by atoms with Crippen LogP contribution in [-0.4, -0.2) is 112 Å². The zero-order chi connectivity index (χ0) is 46.5. The van der Waals surface area contributed by atoms with E-state index in [1.807, 2.05) is 18.2 Å². The average molecular weight is 879 g/mol. The monoisotopic (exact) mass is 878 g/mol. The van der Waals surface area contributed by atoms with Crippen LogP contribution in [0.25, 0.3) is 22.1 Å². The van der Waals surface area contributed by atoms with Crippen LogP contribution in [0.15, 0.2) is 82.1 Å². The van der Waals surface area contributed by atoms with Gasteiger partial charge in [-0.2, -0.15) is 0 Å². The highest BCUT2D eigenvalue weighted by molar-refractivity contribution is 6.47. The molecule has 64 heavy (non-hydrogen) atoms. The van der Waals surface area contributed by atoms with Crippen LogP contribution in [0.1, 0.15) is 61.3 Å².